The lowest BCUT2D eigenvalue weighted by Gasteiger charge is -2.44. The molecule has 0 aromatic carbocycles. The third kappa shape index (κ3) is 4.17. The third-order valence-electron chi connectivity index (χ3n) is 4.34. The lowest BCUT2D eigenvalue weighted by molar-refractivity contribution is 0.0842. The zero-order valence-electron chi connectivity index (χ0n) is 14.4. The molecule has 0 saturated carbocycles. The summed E-state index contributed by atoms with van der Waals surface area (Å²) in [5, 5.41) is 0. The zero-order chi connectivity index (χ0) is 16.0. The van der Waals surface area contributed by atoms with Crippen molar-refractivity contribution in [2.75, 3.05) is 13.1 Å². The number of likely N-dealkylation sites (N-methyl/N-ethyl adjacent to an activating group) is 1. The minimum absolute atomic E-state index is 0.0817. The molecule has 2 unspecified atom stereocenters. The molecule has 1 aromatic rings. The van der Waals surface area contributed by atoms with E-state index in [0.717, 1.165) is 30.8 Å². The summed E-state index contributed by atoms with van der Waals surface area (Å²) in [5.74, 6) is 0.788. The molecular weight excluding hydrogens is 262 g/mol. The van der Waals surface area contributed by atoms with Crippen LogP contribution in [0, 0.1) is 0 Å². The van der Waals surface area contributed by atoms with Gasteiger partial charge in [-0.15, -0.1) is 0 Å². The molecule has 120 valence electrons. The zero-order valence-corrected chi connectivity index (χ0v) is 14.4. The Morgan fingerprint density at radius 3 is 2.33 bits per heavy atom. The largest absolute Gasteiger partial charge is 0.489 e. The summed E-state index contributed by atoms with van der Waals surface area (Å²) in [5.41, 5.74) is 7.55. The molecule has 1 rings (SSSR count). The summed E-state index contributed by atoms with van der Waals surface area (Å²) < 4.78 is 5.73. The number of rotatable bonds is 8. The molecule has 4 heteroatoms. The van der Waals surface area contributed by atoms with Crippen LogP contribution in [-0.2, 0) is 0 Å². The lowest BCUT2D eigenvalue weighted by atomic mass is 9.84. The number of hydrogen-bond acceptors (Lipinski definition) is 4. The Kier molecular flexibility index (Phi) is 6.62. The van der Waals surface area contributed by atoms with Gasteiger partial charge in [0.05, 0.1) is 12.3 Å². The molecule has 2 atom stereocenters. The van der Waals surface area contributed by atoms with Gasteiger partial charge >= 0.3 is 0 Å². The van der Waals surface area contributed by atoms with Crippen molar-refractivity contribution in [1.29, 1.82) is 0 Å². The number of hydrogen-bond donors (Lipinski definition) is 1. The van der Waals surface area contributed by atoms with Gasteiger partial charge in [-0.05, 0) is 51.9 Å². The van der Waals surface area contributed by atoms with E-state index in [9.17, 15) is 0 Å². The van der Waals surface area contributed by atoms with E-state index in [1.807, 2.05) is 26.1 Å². The molecule has 1 heterocycles. The fourth-order valence-electron chi connectivity index (χ4n) is 2.89. The van der Waals surface area contributed by atoms with Crippen molar-refractivity contribution in [3.8, 4) is 5.75 Å². The summed E-state index contributed by atoms with van der Waals surface area (Å²) in [6.07, 6.45) is 4.73. The van der Waals surface area contributed by atoms with Gasteiger partial charge in [-0.25, -0.2) is 0 Å². The maximum Gasteiger partial charge on any atom is 0.138 e. The highest BCUT2D eigenvalue weighted by Gasteiger charge is 2.35. The Bertz CT molecular complexity index is 432. The second-order valence-electron chi connectivity index (χ2n) is 5.98. The van der Waals surface area contributed by atoms with Crippen molar-refractivity contribution in [1.82, 2.24) is 9.88 Å². The van der Waals surface area contributed by atoms with E-state index in [-0.39, 0.29) is 17.7 Å². The Morgan fingerprint density at radius 1 is 1.24 bits per heavy atom. The molecule has 1 aromatic heterocycles. The summed E-state index contributed by atoms with van der Waals surface area (Å²) >= 11 is 0. The van der Waals surface area contributed by atoms with Crippen LogP contribution in [0.2, 0.25) is 0 Å². The minimum atomic E-state index is -0.0920. The quantitative estimate of drug-likeness (QED) is 0.798. The van der Waals surface area contributed by atoms with Crippen LogP contribution in [0.4, 0.5) is 0 Å². The van der Waals surface area contributed by atoms with Crippen molar-refractivity contribution in [2.45, 2.75) is 65.6 Å². The average Bonchev–Trinajstić information content (AvgIpc) is 2.47. The van der Waals surface area contributed by atoms with Crippen LogP contribution in [0.3, 0.4) is 0 Å². The van der Waals surface area contributed by atoms with E-state index in [4.69, 9.17) is 10.5 Å². The van der Waals surface area contributed by atoms with Crippen molar-refractivity contribution >= 4 is 0 Å². The van der Waals surface area contributed by atoms with Gasteiger partial charge in [-0.3, -0.25) is 9.88 Å². The van der Waals surface area contributed by atoms with E-state index in [0.29, 0.717) is 0 Å². The van der Waals surface area contributed by atoms with E-state index in [1.165, 1.54) is 0 Å². The summed E-state index contributed by atoms with van der Waals surface area (Å²) in [6, 6.07) is 1.93. The predicted octanol–water partition coefficient (Wildman–Crippen LogP) is 3.38. The minimum Gasteiger partial charge on any atom is -0.489 e. The van der Waals surface area contributed by atoms with Crippen LogP contribution in [-0.4, -0.2) is 34.6 Å². The first-order valence-corrected chi connectivity index (χ1v) is 8.01. The van der Waals surface area contributed by atoms with Crippen LogP contribution in [0.1, 0.15) is 59.6 Å². The van der Waals surface area contributed by atoms with Gasteiger partial charge in [0.15, 0.2) is 0 Å². The van der Waals surface area contributed by atoms with Crippen molar-refractivity contribution < 1.29 is 4.74 Å². The summed E-state index contributed by atoms with van der Waals surface area (Å²) in [4.78, 5) is 6.72. The smallest absolute Gasteiger partial charge is 0.138 e. The number of pyridine rings is 1. The molecule has 0 spiro atoms. The molecular formula is C17H31N3O. The molecule has 21 heavy (non-hydrogen) atoms. The SMILES string of the molecule is CCN(CC)C(C)(CC)C(N)c1cncc(OC(C)C)c1. The van der Waals surface area contributed by atoms with Gasteiger partial charge in [0.1, 0.15) is 5.75 Å². The van der Waals surface area contributed by atoms with Gasteiger partial charge in [-0.1, -0.05) is 20.8 Å². The Labute approximate surface area is 129 Å². The molecule has 4 nitrogen and oxygen atoms in total. The Balaban J connectivity index is 3.07. The molecule has 0 saturated heterocycles. The van der Waals surface area contributed by atoms with Crippen molar-refractivity contribution in [3.63, 3.8) is 0 Å². The fraction of sp³-hybridized carbons (Fsp3) is 0.706. The summed E-state index contributed by atoms with van der Waals surface area (Å²) in [7, 11) is 0. The number of nitrogens with zero attached hydrogens (tertiary/aromatic N) is 2. The standard InChI is InChI=1S/C17H31N3O/c1-7-17(6,20(8-2)9-3)16(18)14-10-15(12-19-11-14)21-13(4)5/h10-13,16H,7-9,18H2,1-6H3. The van der Waals surface area contributed by atoms with E-state index in [1.54, 1.807) is 6.20 Å². The molecule has 0 bridgehead atoms. The number of aromatic nitrogens is 1. The van der Waals surface area contributed by atoms with Gasteiger partial charge in [0.25, 0.3) is 0 Å². The van der Waals surface area contributed by atoms with E-state index < -0.39 is 0 Å². The molecule has 0 aliphatic carbocycles. The van der Waals surface area contributed by atoms with Gasteiger partial charge in [0, 0.05) is 17.8 Å². The highest BCUT2D eigenvalue weighted by Crippen LogP contribution is 2.33. The fourth-order valence-corrected chi connectivity index (χ4v) is 2.89. The second-order valence-corrected chi connectivity index (χ2v) is 5.98. The third-order valence-corrected chi connectivity index (χ3v) is 4.34. The van der Waals surface area contributed by atoms with Crippen LogP contribution >= 0.6 is 0 Å². The Hall–Kier alpha value is -1.13. The Morgan fingerprint density at radius 2 is 1.86 bits per heavy atom. The van der Waals surface area contributed by atoms with Crippen molar-refractivity contribution in [2.24, 2.45) is 5.73 Å². The first-order chi connectivity index (χ1) is 9.88. The number of ether oxygens (including phenoxy) is 1. The maximum atomic E-state index is 6.60. The predicted molar refractivity (Wildman–Crippen MR) is 88.5 cm³/mol. The topological polar surface area (TPSA) is 51.4 Å². The van der Waals surface area contributed by atoms with Crippen LogP contribution < -0.4 is 10.5 Å². The molecule has 0 amide bonds. The summed E-state index contributed by atoms with van der Waals surface area (Å²) in [6.45, 7) is 14.8. The van der Waals surface area contributed by atoms with E-state index >= 15 is 0 Å². The van der Waals surface area contributed by atoms with Gasteiger partial charge < -0.3 is 10.5 Å². The first-order valence-electron chi connectivity index (χ1n) is 8.01. The van der Waals surface area contributed by atoms with Crippen molar-refractivity contribution in [3.05, 3.63) is 24.0 Å². The van der Waals surface area contributed by atoms with Gasteiger partial charge in [-0.2, -0.15) is 0 Å². The molecule has 0 radical (unpaired) electrons. The second kappa shape index (κ2) is 7.76. The maximum absolute atomic E-state index is 6.60. The monoisotopic (exact) mass is 293 g/mol. The lowest BCUT2D eigenvalue weighted by Crippen LogP contribution is -2.53. The average molecular weight is 293 g/mol. The van der Waals surface area contributed by atoms with E-state index in [2.05, 4.69) is 37.6 Å². The normalized spacial score (nSPS) is 16.0. The highest BCUT2D eigenvalue weighted by atomic mass is 16.5. The van der Waals surface area contributed by atoms with Crippen LogP contribution in [0.5, 0.6) is 5.75 Å². The molecule has 2 N–H and O–H groups in total. The molecule has 0 aliphatic rings. The van der Waals surface area contributed by atoms with Gasteiger partial charge in [0.2, 0.25) is 0 Å². The molecule has 0 aliphatic heterocycles. The first kappa shape index (κ1) is 17.9. The van der Waals surface area contributed by atoms with Crippen LogP contribution in [0.15, 0.2) is 18.5 Å². The molecule has 0 fully saturated rings. The van der Waals surface area contributed by atoms with Crippen LogP contribution in [0.25, 0.3) is 0 Å². The number of nitrogens with two attached hydrogens (primary N) is 1. The highest BCUT2D eigenvalue weighted by molar-refractivity contribution is 5.28.